The van der Waals surface area contributed by atoms with Crippen LogP contribution in [0.3, 0.4) is 0 Å². The molecule has 154 valence electrons. The molecule has 2 aliphatic rings. The Bertz CT molecular complexity index is 638. The first kappa shape index (κ1) is 20.6. The second-order valence-corrected chi connectivity index (χ2v) is 7.68. The van der Waals surface area contributed by atoms with Crippen LogP contribution in [0.25, 0.3) is 0 Å². The van der Waals surface area contributed by atoms with Gasteiger partial charge in [-0.05, 0) is 44.2 Å². The van der Waals surface area contributed by atoms with Gasteiger partial charge in [0.1, 0.15) is 0 Å². The molecular formula is C21H31N3O4. The molecule has 2 fully saturated rings. The normalized spacial score (nSPS) is 19.8. The number of ether oxygens (including phenoxy) is 2. The Labute approximate surface area is 166 Å². The van der Waals surface area contributed by atoms with Gasteiger partial charge in [0.15, 0.2) is 0 Å². The van der Waals surface area contributed by atoms with Gasteiger partial charge in [0.2, 0.25) is 5.91 Å². The summed E-state index contributed by atoms with van der Waals surface area (Å²) in [5.74, 6) is 0.133. The topological polar surface area (TPSA) is 79.9 Å². The maximum Gasteiger partial charge on any atom is 0.321 e. The van der Waals surface area contributed by atoms with Gasteiger partial charge >= 0.3 is 6.03 Å². The van der Waals surface area contributed by atoms with Crippen LogP contribution in [0.4, 0.5) is 10.5 Å². The van der Waals surface area contributed by atoms with Crippen LogP contribution in [0.5, 0.6) is 0 Å². The summed E-state index contributed by atoms with van der Waals surface area (Å²) >= 11 is 0. The Morgan fingerprint density at radius 1 is 1.18 bits per heavy atom. The summed E-state index contributed by atoms with van der Waals surface area (Å²) in [6.07, 6.45) is 3.77. The molecular weight excluding hydrogens is 358 g/mol. The van der Waals surface area contributed by atoms with Crippen molar-refractivity contribution in [2.45, 2.75) is 37.6 Å². The molecule has 28 heavy (non-hydrogen) atoms. The number of nitrogens with zero attached hydrogens (tertiary/aromatic N) is 1. The standard InChI is InChI=1S/C21H31N3O4/c1-27-16-11-21(23-19(25)17-7-14-28-15-8-17)9-12-24(13-10-21)20(26)22-18-5-3-2-4-6-18/h2-6,17H,7-16H2,1H3,(H,22,26)(H,23,25). The lowest BCUT2D eigenvalue weighted by atomic mass is 9.83. The average Bonchev–Trinajstić information content (AvgIpc) is 2.74. The fourth-order valence-corrected chi connectivity index (χ4v) is 3.92. The van der Waals surface area contributed by atoms with Crippen LogP contribution in [0.2, 0.25) is 0 Å². The van der Waals surface area contributed by atoms with E-state index in [9.17, 15) is 9.59 Å². The molecule has 3 rings (SSSR count). The zero-order valence-electron chi connectivity index (χ0n) is 16.6. The second kappa shape index (κ2) is 9.89. The van der Waals surface area contributed by atoms with Gasteiger partial charge in [-0.15, -0.1) is 0 Å². The minimum atomic E-state index is -0.311. The molecule has 0 radical (unpaired) electrons. The van der Waals surface area contributed by atoms with E-state index >= 15 is 0 Å². The number of anilines is 1. The van der Waals surface area contributed by atoms with E-state index in [-0.39, 0.29) is 23.4 Å². The molecule has 0 atom stereocenters. The van der Waals surface area contributed by atoms with Crippen molar-refractivity contribution in [2.24, 2.45) is 5.92 Å². The Kier molecular flexibility index (Phi) is 7.28. The average molecular weight is 389 g/mol. The van der Waals surface area contributed by atoms with Gasteiger partial charge in [-0.25, -0.2) is 4.79 Å². The summed E-state index contributed by atoms with van der Waals surface area (Å²) in [5.41, 5.74) is 0.478. The molecule has 2 saturated heterocycles. The monoisotopic (exact) mass is 389 g/mol. The highest BCUT2D eigenvalue weighted by atomic mass is 16.5. The fraction of sp³-hybridized carbons (Fsp3) is 0.619. The van der Waals surface area contributed by atoms with E-state index in [1.165, 1.54) is 0 Å². The first-order valence-corrected chi connectivity index (χ1v) is 10.1. The maximum absolute atomic E-state index is 12.8. The van der Waals surface area contributed by atoms with Crippen molar-refractivity contribution in [2.75, 3.05) is 45.3 Å². The first-order chi connectivity index (χ1) is 13.6. The molecule has 0 aromatic heterocycles. The van der Waals surface area contributed by atoms with Gasteiger partial charge < -0.3 is 25.0 Å². The third-order valence-corrected chi connectivity index (χ3v) is 5.80. The van der Waals surface area contributed by atoms with Crippen molar-refractivity contribution >= 4 is 17.6 Å². The van der Waals surface area contributed by atoms with Gasteiger partial charge in [0, 0.05) is 57.2 Å². The van der Waals surface area contributed by atoms with Crippen LogP contribution in [0.15, 0.2) is 30.3 Å². The number of urea groups is 1. The Morgan fingerprint density at radius 2 is 1.86 bits per heavy atom. The smallest absolute Gasteiger partial charge is 0.321 e. The predicted octanol–water partition coefficient (Wildman–Crippen LogP) is 2.63. The number of amides is 3. The Morgan fingerprint density at radius 3 is 2.50 bits per heavy atom. The minimum absolute atomic E-state index is 0.0209. The molecule has 1 aromatic rings. The third kappa shape index (κ3) is 5.45. The van der Waals surface area contributed by atoms with Gasteiger partial charge in [-0.1, -0.05) is 18.2 Å². The molecule has 0 spiro atoms. The number of benzene rings is 1. The summed E-state index contributed by atoms with van der Waals surface area (Å²) in [6.45, 7) is 3.10. The van der Waals surface area contributed by atoms with E-state index in [1.807, 2.05) is 35.2 Å². The number of hydrogen-bond acceptors (Lipinski definition) is 4. The summed E-state index contributed by atoms with van der Waals surface area (Å²) in [6, 6.07) is 9.36. The lowest BCUT2D eigenvalue weighted by Gasteiger charge is -2.43. The van der Waals surface area contributed by atoms with Gasteiger partial charge in [0.25, 0.3) is 0 Å². The van der Waals surface area contributed by atoms with Crippen molar-refractivity contribution in [3.8, 4) is 0 Å². The van der Waals surface area contributed by atoms with Crippen LogP contribution in [-0.2, 0) is 14.3 Å². The van der Waals surface area contributed by atoms with Gasteiger partial charge in [0.05, 0.1) is 0 Å². The van der Waals surface area contributed by atoms with Crippen molar-refractivity contribution in [1.29, 1.82) is 0 Å². The molecule has 2 aliphatic heterocycles. The van der Waals surface area contributed by atoms with Gasteiger partial charge in [-0.2, -0.15) is 0 Å². The van der Waals surface area contributed by atoms with Crippen molar-refractivity contribution < 1.29 is 19.1 Å². The molecule has 2 N–H and O–H groups in total. The van der Waals surface area contributed by atoms with Crippen LogP contribution in [0.1, 0.15) is 32.1 Å². The molecule has 0 aliphatic carbocycles. The molecule has 7 nitrogen and oxygen atoms in total. The number of hydrogen-bond donors (Lipinski definition) is 2. The highest BCUT2D eigenvalue weighted by Gasteiger charge is 2.38. The molecule has 0 bridgehead atoms. The number of para-hydroxylation sites is 1. The van der Waals surface area contributed by atoms with Crippen LogP contribution >= 0.6 is 0 Å². The number of methoxy groups -OCH3 is 1. The SMILES string of the molecule is COCCC1(NC(=O)C2CCOCC2)CCN(C(=O)Nc2ccccc2)CC1. The number of carbonyl (C=O) groups is 2. The molecule has 2 heterocycles. The van der Waals surface area contributed by atoms with Crippen LogP contribution < -0.4 is 10.6 Å². The van der Waals surface area contributed by atoms with E-state index in [0.29, 0.717) is 32.9 Å². The first-order valence-electron chi connectivity index (χ1n) is 10.1. The summed E-state index contributed by atoms with van der Waals surface area (Å²) in [5, 5.41) is 6.25. The molecule has 3 amide bonds. The summed E-state index contributed by atoms with van der Waals surface area (Å²) < 4.78 is 10.7. The van der Waals surface area contributed by atoms with E-state index in [4.69, 9.17) is 9.47 Å². The fourth-order valence-electron chi connectivity index (χ4n) is 3.92. The zero-order valence-corrected chi connectivity index (χ0v) is 16.6. The number of likely N-dealkylation sites (tertiary alicyclic amines) is 1. The van der Waals surface area contributed by atoms with Gasteiger partial charge in [-0.3, -0.25) is 4.79 Å². The van der Waals surface area contributed by atoms with Crippen LogP contribution in [0, 0.1) is 5.92 Å². The largest absolute Gasteiger partial charge is 0.385 e. The van der Waals surface area contributed by atoms with Crippen molar-refractivity contribution in [1.82, 2.24) is 10.2 Å². The quantitative estimate of drug-likeness (QED) is 0.784. The number of nitrogens with one attached hydrogen (secondary N) is 2. The van der Waals surface area contributed by atoms with Crippen molar-refractivity contribution in [3.63, 3.8) is 0 Å². The van der Waals surface area contributed by atoms with Crippen LogP contribution in [-0.4, -0.2) is 62.4 Å². The molecule has 0 saturated carbocycles. The van der Waals surface area contributed by atoms with E-state index < -0.39 is 0 Å². The van der Waals surface area contributed by atoms with E-state index in [2.05, 4.69) is 10.6 Å². The Hall–Kier alpha value is -2.12. The minimum Gasteiger partial charge on any atom is -0.385 e. The lowest BCUT2D eigenvalue weighted by molar-refractivity contribution is -0.130. The van der Waals surface area contributed by atoms with E-state index in [0.717, 1.165) is 37.8 Å². The zero-order chi connectivity index (χ0) is 19.8. The maximum atomic E-state index is 12.8. The number of piperidine rings is 1. The molecule has 7 heteroatoms. The molecule has 0 unspecified atom stereocenters. The Balaban J connectivity index is 1.57. The summed E-state index contributed by atoms with van der Waals surface area (Å²) in [7, 11) is 1.68. The predicted molar refractivity (Wildman–Crippen MR) is 107 cm³/mol. The van der Waals surface area contributed by atoms with Crippen molar-refractivity contribution in [3.05, 3.63) is 30.3 Å². The van der Waals surface area contributed by atoms with E-state index in [1.54, 1.807) is 7.11 Å². The molecule has 1 aromatic carbocycles. The summed E-state index contributed by atoms with van der Waals surface area (Å²) in [4.78, 5) is 27.2. The highest BCUT2D eigenvalue weighted by Crippen LogP contribution is 2.28. The lowest BCUT2D eigenvalue weighted by Crippen LogP contribution is -2.58. The highest BCUT2D eigenvalue weighted by molar-refractivity contribution is 5.89. The second-order valence-electron chi connectivity index (χ2n) is 7.68. The number of carbonyl (C=O) groups excluding carboxylic acids is 2. The number of rotatable bonds is 6. The third-order valence-electron chi connectivity index (χ3n) is 5.80.